The molecule has 2 aromatic carbocycles. The Kier molecular flexibility index (Phi) is 5.87. The highest BCUT2D eigenvalue weighted by molar-refractivity contribution is 6.01. The van der Waals surface area contributed by atoms with Crippen LogP contribution >= 0.6 is 0 Å². The fraction of sp³-hybridized carbons (Fsp3) is 0. The summed E-state index contributed by atoms with van der Waals surface area (Å²) in [4.78, 5) is 16.9. The normalized spacial score (nSPS) is 10.8. The molecule has 10 nitrogen and oxygen atoms in total. The van der Waals surface area contributed by atoms with Crippen LogP contribution in [0.3, 0.4) is 0 Å². The molecule has 0 aliphatic rings. The fourth-order valence-corrected chi connectivity index (χ4v) is 4.01. The zero-order chi connectivity index (χ0) is 25.9. The van der Waals surface area contributed by atoms with E-state index in [2.05, 4.69) is 35.5 Å². The quantitative estimate of drug-likeness (QED) is 0.273. The lowest BCUT2D eigenvalue weighted by Crippen LogP contribution is -2.00. The maximum Gasteiger partial charge on any atom is 0.230 e. The highest BCUT2D eigenvalue weighted by Gasteiger charge is 2.14. The first-order chi connectivity index (χ1) is 18.7. The van der Waals surface area contributed by atoms with Crippen molar-refractivity contribution in [3.05, 3.63) is 97.5 Å². The summed E-state index contributed by atoms with van der Waals surface area (Å²) < 4.78 is 5.95. The highest BCUT2D eigenvalue weighted by atomic mass is 16.5. The molecule has 0 amide bonds. The van der Waals surface area contributed by atoms with E-state index in [1.54, 1.807) is 48.9 Å². The van der Waals surface area contributed by atoms with Crippen LogP contribution in [0, 0.1) is 0 Å². The van der Waals surface area contributed by atoms with E-state index in [0.717, 1.165) is 10.8 Å². The number of nitrogens with two attached hydrogens (primary N) is 1. The van der Waals surface area contributed by atoms with Crippen molar-refractivity contribution >= 4 is 28.2 Å². The molecule has 4 heterocycles. The highest BCUT2D eigenvalue weighted by Crippen LogP contribution is 2.35. The zero-order valence-electron chi connectivity index (χ0n) is 19.9. The molecule has 0 atom stereocenters. The maximum absolute atomic E-state index is 10.3. The summed E-state index contributed by atoms with van der Waals surface area (Å²) in [5, 5.41) is 24.1. The summed E-state index contributed by atoms with van der Waals surface area (Å²) in [6.07, 6.45) is 4.84. The summed E-state index contributed by atoms with van der Waals surface area (Å²) in [5.41, 5.74) is 8.90. The van der Waals surface area contributed by atoms with Crippen molar-refractivity contribution in [2.75, 3.05) is 11.1 Å². The number of hydrogen-bond acceptors (Lipinski definition) is 10. The molecular weight excluding hydrogens is 480 g/mol. The number of ether oxygens (including phenoxy) is 1. The lowest BCUT2D eigenvalue weighted by molar-refractivity contribution is 0.446. The van der Waals surface area contributed by atoms with Crippen LogP contribution in [0.4, 0.5) is 17.5 Å². The number of rotatable bonds is 6. The van der Waals surface area contributed by atoms with Crippen LogP contribution in [0.15, 0.2) is 97.5 Å². The number of pyridine rings is 2. The van der Waals surface area contributed by atoms with E-state index in [9.17, 15) is 5.11 Å². The fourth-order valence-electron chi connectivity index (χ4n) is 4.01. The molecule has 4 N–H and O–H groups in total. The second-order valence-electron chi connectivity index (χ2n) is 8.23. The van der Waals surface area contributed by atoms with Gasteiger partial charge in [0, 0.05) is 34.8 Å². The van der Waals surface area contributed by atoms with Gasteiger partial charge in [-0.15, -0.1) is 10.2 Å². The lowest BCUT2D eigenvalue weighted by Gasteiger charge is -2.12. The number of anilines is 3. The number of aromatic nitrogens is 6. The largest absolute Gasteiger partial charge is 0.507 e. The Bertz CT molecular complexity index is 1760. The van der Waals surface area contributed by atoms with Crippen LogP contribution < -0.4 is 15.8 Å². The molecule has 0 aliphatic carbocycles. The van der Waals surface area contributed by atoms with Gasteiger partial charge in [0.05, 0.1) is 23.1 Å². The van der Waals surface area contributed by atoms with Crippen molar-refractivity contribution in [2.24, 2.45) is 0 Å². The molecule has 0 bridgehead atoms. The van der Waals surface area contributed by atoms with Crippen molar-refractivity contribution < 1.29 is 9.84 Å². The van der Waals surface area contributed by atoms with E-state index >= 15 is 0 Å². The Hall–Kier alpha value is -5.64. The topological polar surface area (TPSA) is 145 Å². The van der Waals surface area contributed by atoms with E-state index in [4.69, 9.17) is 10.5 Å². The molecule has 4 aromatic heterocycles. The minimum absolute atomic E-state index is 0.145. The van der Waals surface area contributed by atoms with Crippen molar-refractivity contribution in [3.8, 4) is 40.0 Å². The number of para-hydroxylation sites is 1. The average molecular weight is 501 g/mol. The molecule has 0 saturated carbocycles. The molecule has 0 spiro atoms. The van der Waals surface area contributed by atoms with Crippen molar-refractivity contribution in [1.82, 2.24) is 30.1 Å². The van der Waals surface area contributed by atoms with Gasteiger partial charge < -0.3 is 20.9 Å². The molecule has 0 unspecified atom stereocenters. The second-order valence-corrected chi connectivity index (χ2v) is 8.23. The van der Waals surface area contributed by atoms with Gasteiger partial charge in [0.2, 0.25) is 17.7 Å². The Morgan fingerprint density at radius 2 is 1.55 bits per heavy atom. The maximum atomic E-state index is 10.3. The molecule has 38 heavy (non-hydrogen) atoms. The molecule has 0 fully saturated rings. The zero-order valence-corrected chi connectivity index (χ0v) is 19.9. The van der Waals surface area contributed by atoms with E-state index in [1.807, 2.05) is 48.5 Å². The summed E-state index contributed by atoms with van der Waals surface area (Å²) in [7, 11) is 0. The number of benzene rings is 2. The monoisotopic (exact) mass is 500 g/mol. The molecule has 0 saturated heterocycles. The predicted octanol–water partition coefficient (Wildman–Crippen LogP) is 5.37. The van der Waals surface area contributed by atoms with E-state index in [1.165, 1.54) is 0 Å². The molecule has 0 radical (unpaired) electrons. The molecule has 184 valence electrons. The second kappa shape index (κ2) is 9.78. The number of phenols is 1. The Morgan fingerprint density at radius 3 is 2.37 bits per heavy atom. The number of fused-ring (bicyclic) bond motifs is 1. The minimum atomic E-state index is 0.145. The van der Waals surface area contributed by atoms with Gasteiger partial charge in [-0.05, 0) is 36.4 Å². The van der Waals surface area contributed by atoms with E-state index in [-0.39, 0.29) is 11.7 Å². The number of aromatic hydroxyl groups is 1. The Labute approximate surface area is 216 Å². The summed E-state index contributed by atoms with van der Waals surface area (Å²) in [6.45, 7) is 0. The average Bonchev–Trinajstić information content (AvgIpc) is 2.95. The van der Waals surface area contributed by atoms with Gasteiger partial charge in [-0.2, -0.15) is 0 Å². The van der Waals surface area contributed by atoms with Gasteiger partial charge in [0.1, 0.15) is 11.4 Å². The van der Waals surface area contributed by atoms with Crippen LogP contribution in [0.25, 0.3) is 33.3 Å². The van der Waals surface area contributed by atoms with Crippen molar-refractivity contribution in [2.45, 2.75) is 0 Å². The third-order valence-electron chi connectivity index (χ3n) is 5.77. The third-order valence-corrected chi connectivity index (χ3v) is 5.77. The molecule has 10 heteroatoms. The minimum Gasteiger partial charge on any atom is -0.507 e. The van der Waals surface area contributed by atoms with Crippen molar-refractivity contribution in [3.63, 3.8) is 0 Å². The summed E-state index contributed by atoms with van der Waals surface area (Å²) >= 11 is 0. The predicted molar refractivity (Wildman–Crippen MR) is 144 cm³/mol. The van der Waals surface area contributed by atoms with Crippen LogP contribution in [0.5, 0.6) is 17.5 Å². The van der Waals surface area contributed by atoms with Gasteiger partial charge in [0.15, 0.2) is 5.82 Å². The number of nitrogen functional groups attached to an aromatic ring is 1. The van der Waals surface area contributed by atoms with Gasteiger partial charge in [0.25, 0.3) is 0 Å². The van der Waals surface area contributed by atoms with Crippen molar-refractivity contribution in [1.29, 1.82) is 0 Å². The van der Waals surface area contributed by atoms with E-state index < -0.39 is 0 Å². The van der Waals surface area contributed by atoms with Gasteiger partial charge in [-0.25, -0.2) is 19.9 Å². The number of nitrogens with one attached hydrogen (secondary N) is 1. The number of hydrogen-bond donors (Lipinski definition) is 3. The van der Waals surface area contributed by atoms with E-state index in [0.29, 0.717) is 45.8 Å². The Balaban J connectivity index is 1.26. The summed E-state index contributed by atoms with van der Waals surface area (Å²) in [6, 6.07) is 23.7. The van der Waals surface area contributed by atoms with Crippen LogP contribution in [0.2, 0.25) is 0 Å². The first kappa shape index (κ1) is 22.8. The lowest BCUT2D eigenvalue weighted by atomic mass is 10.0. The smallest absolute Gasteiger partial charge is 0.230 e. The van der Waals surface area contributed by atoms with Crippen LogP contribution in [-0.4, -0.2) is 35.2 Å². The van der Waals surface area contributed by atoms with Crippen LogP contribution in [0.1, 0.15) is 0 Å². The molecule has 6 aromatic rings. The molecule has 6 rings (SSSR count). The summed E-state index contributed by atoms with van der Waals surface area (Å²) in [5.74, 6) is 1.56. The number of phenolic OH excluding ortho intramolecular Hbond substituents is 1. The first-order valence-electron chi connectivity index (χ1n) is 11.6. The van der Waals surface area contributed by atoms with Gasteiger partial charge >= 0.3 is 0 Å². The third kappa shape index (κ3) is 4.49. The van der Waals surface area contributed by atoms with Gasteiger partial charge in [-0.3, -0.25) is 0 Å². The first-order valence-corrected chi connectivity index (χ1v) is 11.6. The standard InChI is InChI=1S/C28H20N8O2/c29-28-31-15-13-22(34-28)20-9-5-14-30-27(20)38-24-12-11-17(16-32-24)33-26-19-7-2-1-6-18(19)25(35-36-26)21-8-3-4-10-23(21)37/h1-16,37H,(H,33,36)(H2,29,31,34). The van der Waals surface area contributed by atoms with Gasteiger partial charge in [-0.1, -0.05) is 36.4 Å². The molecule has 0 aliphatic heterocycles. The Morgan fingerprint density at radius 1 is 0.737 bits per heavy atom. The SMILES string of the molecule is Nc1nccc(-c2cccnc2Oc2ccc(Nc3nnc(-c4ccccc4O)c4ccccc34)cn2)n1. The van der Waals surface area contributed by atoms with Crippen LogP contribution in [-0.2, 0) is 0 Å². The molecular formula is C28H20N8O2. The number of nitrogens with zero attached hydrogens (tertiary/aromatic N) is 6.